The third kappa shape index (κ3) is 2.44. The molecule has 2 rings (SSSR count). The van der Waals surface area contributed by atoms with E-state index < -0.39 is 5.91 Å². The van der Waals surface area contributed by atoms with Crippen molar-refractivity contribution >= 4 is 11.8 Å². The maximum Gasteiger partial charge on any atom is 0.237 e. The Morgan fingerprint density at radius 3 is 2.24 bits per heavy atom. The van der Waals surface area contributed by atoms with E-state index in [1.54, 1.807) is 4.90 Å². The summed E-state index contributed by atoms with van der Waals surface area (Å²) in [6.45, 7) is 0.430. The van der Waals surface area contributed by atoms with Crippen molar-refractivity contribution in [3.05, 3.63) is 0 Å². The Hall–Kier alpha value is -1.10. The molecule has 0 heterocycles. The number of nitrogens with zero attached hydrogens (tertiary/aromatic N) is 1. The first-order chi connectivity index (χ1) is 8.09. The highest BCUT2D eigenvalue weighted by molar-refractivity contribution is 5.89. The van der Waals surface area contributed by atoms with Crippen LogP contribution in [-0.4, -0.2) is 35.8 Å². The van der Waals surface area contributed by atoms with E-state index in [1.165, 1.54) is 0 Å². The van der Waals surface area contributed by atoms with E-state index in [0.717, 1.165) is 38.5 Å². The van der Waals surface area contributed by atoms with Gasteiger partial charge in [-0.15, -0.1) is 0 Å². The monoisotopic (exact) mass is 239 g/mol. The van der Waals surface area contributed by atoms with Crippen molar-refractivity contribution in [2.24, 2.45) is 16.9 Å². The van der Waals surface area contributed by atoms with Gasteiger partial charge in [0.15, 0.2) is 0 Å². The van der Waals surface area contributed by atoms with Crippen LogP contribution < -0.4 is 11.5 Å². The van der Waals surface area contributed by atoms with Gasteiger partial charge in [0, 0.05) is 12.6 Å². The molecule has 17 heavy (non-hydrogen) atoms. The lowest BCUT2D eigenvalue weighted by Gasteiger charge is -2.31. The van der Waals surface area contributed by atoms with Crippen LogP contribution in [0.5, 0.6) is 0 Å². The summed E-state index contributed by atoms with van der Waals surface area (Å²) < 4.78 is 0. The standard InChI is InChI=1S/C12H21N3O2/c13-8-12(5-6-12)11(17)15(7-10(14)16)9-3-1-2-4-9/h9H,1-8,13H2,(H2,14,16). The molecular weight excluding hydrogens is 218 g/mol. The van der Waals surface area contributed by atoms with Crippen LogP contribution >= 0.6 is 0 Å². The number of primary amides is 1. The van der Waals surface area contributed by atoms with Crippen molar-refractivity contribution < 1.29 is 9.59 Å². The second kappa shape index (κ2) is 4.64. The Morgan fingerprint density at radius 2 is 1.82 bits per heavy atom. The number of carbonyl (C=O) groups excluding carboxylic acids is 2. The maximum absolute atomic E-state index is 12.4. The highest BCUT2D eigenvalue weighted by Crippen LogP contribution is 2.47. The minimum absolute atomic E-state index is 0.0469. The molecule has 0 aromatic heterocycles. The van der Waals surface area contributed by atoms with Crippen molar-refractivity contribution in [1.29, 1.82) is 0 Å². The summed E-state index contributed by atoms with van der Waals surface area (Å²) in [5, 5.41) is 0. The molecule has 4 N–H and O–H groups in total. The summed E-state index contributed by atoms with van der Waals surface area (Å²) in [4.78, 5) is 25.2. The van der Waals surface area contributed by atoms with Gasteiger partial charge in [0.25, 0.3) is 0 Å². The Labute approximate surface area is 102 Å². The van der Waals surface area contributed by atoms with Crippen molar-refractivity contribution in [3.63, 3.8) is 0 Å². The molecule has 2 aliphatic carbocycles. The summed E-state index contributed by atoms with van der Waals surface area (Å²) in [6, 6.07) is 0.194. The first-order valence-corrected chi connectivity index (χ1v) is 6.38. The van der Waals surface area contributed by atoms with Crippen LogP contribution in [0.4, 0.5) is 0 Å². The number of hydrogen-bond acceptors (Lipinski definition) is 3. The fourth-order valence-electron chi connectivity index (χ4n) is 2.71. The van der Waals surface area contributed by atoms with Crippen molar-refractivity contribution in [2.75, 3.05) is 13.1 Å². The Kier molecular flexibility index (Phi) is 3.38. The highest BCUT2D eigenvalue weighted by Gasteiger charge is 2.51. The fourth-order valence-corrected chi connectivity index (χ4v) is 2.71. The summed E-state index contributed by atoms with van der Waals surface area (Å²) in [7, 11) is 0. The van der Waals surface area contributed by atoms with Gasteiger partial charge in [0.1, 0.15) is 0 Å². The molecule has 0 radical (unpaired) electrons. The minimum Gasteiger partial charge on any atom is -0.368 e. The van der Waals surface area contributed by atoms with Crippen LogP contribution in [-0.2, 0) is 9.59 Å². The quantitative estimate of drug-likeness (QED) is 0.706. The molecule has 5 nitrogen and oxygen atoms in total. The van der Waals surface area contributed by atoms with Crippen molar-refractivity contribution in [1.82, 2.24) is 4.90 Å². The normalized spacial score (nSPS) is 22.4. The van der Waals surface area contributed by atoms with Gasteiger partial charge in [-0.2, -0.15) is 0 Å². The summed E-state index contributed by atoms with van der Waals surface area (Å²) in [5.41, 5.74) is 10.5. The molecule has 0 saturated heterocycles. The van der Waals surface area contributed by atoms with Gasteiger partial charge in [-0.3, -0.25) is 9.59 Å². The molecule has 2 amide bonds. The minimum atomic E-state index is -0.432. The zero-order chi connectivity index (χ0) is 12.5. The lowest BCUT2D eigenvalue weighted by atomic mass is 10.0. The van der Waals surface area contributed by atoms with E-state index in [2.05, 4.69) is 0 Å². The number of rotatable bonds is 5. The molecule has 2 aliphatic rings. The number of amides is 2. The molecule has 0 aromatic carbocycles. The van der Waals surface area contributed by atoms with Gasteiger partial charge in [0.05, 0.1) is 12.0 Å². The average Bonchev–Trinajstić information content (AvgIpc) is 2.92. The molecule has 2 saturated carbocycles. The van der Waals surface area contributed by atoms with Crippen molar-refractivity contribution in [2.45, 2.75) is 44.6 Å². The van der Waals surface area contributed by atoms with E-state index in [9.17, 15) is 9.59 Å². The SMILES string of the molecule is NCC1(C(=O)N(CC(N)=O)C2CCCC2)CC1. The average molecular weight is 239 g/mol. The zero-order valence-corrected chi connectivity index (χ0v) is 10.2. The molecular formula is C12H21N3O2. The van der Waals surface area contributed by atoms with Gasteiger partial charge in [-0.1, -0.05) is 12.8 Å². The molecule has 96 valence electrons. The molecule has 0 aliphatic heterocycles. The number of hydrogen-bond donors (Lipinski definition) is 2. The smallest absolute Gasteiger partial charge is 0.237 e. The fraction of sp³-hybridized carbons (Fsp3) is 0.833. The van der Waals surface area contributed by atoms with Gasteiger partial charge >= 0.3 is 0 Å². The molecule has 2 fully saturated rings. The first-order valence-electron chi connectivity index (χ1n) is 6.38. The van der Waals surface area contributed by atoms with E-state index in [4.69, 9.17) is 11.5 Å². The third-order valence-electron chi connectivity index (χ3n) is 4.05. The van der Waals surface area contributed by atoms with Gasteiger partial charge < -0.3 is 16.4 Å². The van der Waals surface area contributed by atoms with Crippen LogP contribution in [0.1, 0.15) is 38.5 Å². The third-order valence-corrected chi connectivity index (χ3v) is 4.05. The van der Waals surface area contributed by atoms with E-state index in [1.807, 2.05) is 0 Å². The van der Waals surface area contributed by atoms with Gasteiger partial charge in [0.2, 0.25) is 11.8 Å². The molecule has 0 atom stereocenters. The lowest BCUT2D eigenvalue weighted by molar-refractivity contribution is -0.142. The second-order valence-electron chi connectivity index (χ2n) is 5.32. The number of carbonyl (C=O) groups is 2. The van der Waals surface area contributed by atoms with E-state index in [0.29, 0.717) is 6.54 Å². The van der Waals surface area contributed by atoms with Crippen LogP contribution in [0.2, 0.25) is 0 Å². The van der Waals surface area contributed by atoms with Gasteiger partial charge in [-0.05, 0) is 25.7 Å². The van der Waals surface area contributed by atoms with Crippen LogP contribution in [0.3, 0.4) is 0 Å². The second-order valence-corrected chi connectivity index (χ2v) is 5.32. The lowest BCUT2D eigenvalue weighted by Crippen LogP contribution is -2.49. The molecule has 0 bridgehead atoms. The molecule has 5 heteroatoms. The number of nitrogens with two attached hydrogens (primary N) is 2. The Balaban J connectivity index is 2.09. The Bertz CT molecular complexity index is 320. The maximum atomic E-state index is 12.4. The Morgan fingerprint density at radius 1 is 1.24 bits per heavy atom. The zero-order valence-electron chi connectivity index (χ0n) is 10.2. The summed E-state index contributed by atoms with van der Waals surface area (Å²) >= 11 is 0. The molecule has 0 unspecified atom stereocenters. The van der Waals surface area contributed by atoms with Crippen LogP contribution in [0, 0.1) is 5.41 Å². The van der Waals surface area contributed by atoms with Crippen molar-refractivity contribution in [3.8, 4) is 0 Å². The van der Waals surface area contributed by atoms with E-state index >= 15 is 0 Å². The first kappa shape index (κ1) is 12.4. The molecule has 0 aromatic rings. The van der Waals surface area contributed by atoms with E-state index in [-0.39, 0.29) is 23.9 Å². The highest BCUT2D eigenvalue weighted by atomic mass is 16.2. The largest absolute Gasteiger partial charge is 0.368 e. The topological polar surface area (TPSA) is 89.4 Å². The van der Waals surface area contributed by atoms with Crippen LogP contribution in [0.25, 0.3) is 0 Å². The van der Waals surface area contributed by atoms with Crippen LogP contribution in [0.15, 0.2) is 0 Å². The van der Waals surface area contributed by atoms with Gasteiger partial charge in [-0.25, -0.2) is 0 Å². The predicted octanol–water partition coefficient (Wildman–Crippen LogP) is -0.0182. The summed E-state index contributed by atoms with van der Waals surface area (Å²) in [5.74, 6) is -0.385. The predicted molar refractivity (Wildman–Crippen MR) is 63.9 cm³/mol. The molecule has 0 spiro atoms. The summed E-state index contributed by atoms with van der Waals surface area (Å²) in [6.07, 6.45) is 5.93.